The summed E-state index contributed by atoms with van der Waals surface area (Å²) in [5.74, 6) is -0.227. The van der Waals surface area contributed by atoms with E-state index in [0.29, 0.717) is 5.92 Å². The van der Waals surface area contributed by atoms with Crippen LogP contribution in [0.4, 0.5) is 0 Å². The summed E-state index contributed by atoms with van der Waals surface area (Å²) in [6.07, 6.45) is 3.22. The average molecular weight is 255 g/mol. The van der Waals surface area contributed by atoms with Crippen molar-refractivity contribution in [2.24, 2.45) is 17.8 Å². The molecule has 3 atom stereocenters. The molecule has 1 aliphatic heterocycles. The molecule has 1 N–H and O–H groups in total. The highest BCUT2D eigenvalue weighted by molar-refractivity contribution is 5.71. The number of aliphatic carboxylic acids is 1. The molecule has 1 saturated heterocycles. The third-order valence-corrected chi connectivity index (χ3v) is 5.18. The van der Waals surface area contributed by atoms with Crippen molar-refractivity contribution in [1.29, 1.82) is 0 Å². The molecule has 0 radical (unpaired) electrons. The molecule has 1 aliphatic rings. The topological polar surface area (TPSA) is 40.5 Å². The van der Waals surface area contributed by atoms with E-state index in [1.165, 1.54) is 0 Å². The highest BCUT2D eigenvalue weighted by Gasteiger charge is 2.42. The number of carbonyl (C=O) groups is 1. The van der Waals surface area contributed by atoms with Gasteiger partial charge in [0, 0.05) is 18.6 Å². The molecule has 106 valence electrons. The third-order valence-electron chi connectivity index (χ3n) is 5.18. The maximum atomic E-state index is 11.4. The summed E-state index contributed by atoms with van der Waals surface area (Å²) in [6.45, 7) is 12.9. The molecule has 0 aromatic carbocycles. The molecule has 0 spiro atoms. The number of nitrogens with zero attached hydrogens (tertiary/aromatic N) is 1. The Morgan fingerprint density at radius 1 is 1.28 bits per heavy atom. The molecule has 1 heterocycles. The smallest absolute Gasteiger partial charge is 0.307 e. The van der Waals surface area contributed by atoms with Crippen LogP contribution in [0.3, 0.4) is 0 Å². The van der Waals surface area contributed by atoms with Crippen LogP contribution >= 0.6 is 0 Å². The third kappa shape index (κ3) is 2.87. The summed E-state index contributed by atoms with van der Waals surface area (Å²) in [5.41, 5.74) is 0.227. The number of hydrogen-bond acceptors (Lipinski definition) is 2. The number of piperidine rings is 1. The van der Waals surface area contributed by atoms with E-state index in [0.717, 1.165) is 32.4 Å². The van der Waals surface area contributed by atoms with E-state index in [1.807, 2.05) is 0 Å². The van der Waals surface area contributed by atoms with Gasteiger partial charge in [0.2, 0.25) is 0 Å². The minimum atomic E-state index is -0.608. The van der Waals surface area contributed by atoms with Gasteiger partial charge in [-0.3, -0.25) is 9.69 Å². The molecule has 0 amide bonds. The molecule has 1 fully saturated rings. The van der Waals surface area contributed by atoms with E-state index < -0.39 is 5.97 Å². The fraction of sp³-hybridized carbons (Fsp3) is 0.933. The number of rotatable bonds is 5. The van der Waals surface area contributed by atoms with Crippen molar-refractivity contribution >= 4 is 5.97 Å². The van der Waals surface area contributed by atoms with Crippen molar-refractivity contribution in [1.82, 2.24) is 4.90 Å². The zero-order valence-electron chi connectivity index (χ0n) is 12.6. The van der Waals surface area contributed by atoms with E-state index in [1.54, 1.807) is 0 Å². The van der Waals surface area contributed by atoms with Gasteiger partial charge in [-0.1, -0.05) is 34.1 Å². The van der Waals surface area contributed by atoms with Crippen LogP contribution in [0.2, 0.25) is 0 Å². The van der Waals surface area contributed by atoms with Crippen LogP contribution in [-0.4, -0.2) is 34.6 Å². The average Bonchev–Trinajstić information content (AvgIpc) is 2.36. The summed E-state index contributed by atoms with van der Waals surface area (Å²) in [4.78, 5) is 13.9. The van der Waals surface area contributed by atoms with Gasteiger partial charge in [0.25, 0.3) is 0 Å². The quantitative estimate of drug-likeness (QED) is 0.820. The lowest BCUT2D eigenvalue weighted by Gasteiger charge is -2.49. The molecule has 0 aliphatic carbocycles. The largest absolute Gasteiger partial charge is 0.481 e. The van der Waals surface area contributed by atoms with Crippen molar-refractivity contribution in [3.8, 4) is 0 Å². The van der Waals surface area contributed by atoms with Crippen molar-refractivity contribution in [3.05, 3.63) is 0 Å². The second-order valence-corrected chi connectivity index (χ2v) is 6.12. The Labute approximate surface area is 112 Å². The fourth-order valence-corrected chi connectivity index (χ4v) is 3.36. The highest BCUT2D eigenvalue weighted by atomic mass is 16.4. The first-order valence-electron chi connectivity index (χ1n) is 7.37. The molecule has 0 aromatic rings. The first-order chi connectivity index (χ1) is 8.39. The SMILES string of the molecule is CC[C@@H]1CN(C(C)(CC)CC)C[C@H](C)[C@H]1C(=O)O. The van der Waals surface area contributed by atoms with Crippen molar-refractivity contribution in [3.63, 3.8) is 0 Å². The zero-order valence-corrected chi connectivity index (χ0v) is 12.6. The predicted molar refractivity (Wildman–Crippen MR) is 74.6 cm³/mol. The van der Waals surface area contributed by atoms with E-state index in [4.69, 9.17) is 0 Å². The van der Waals surface area contributed by atoms with E-state index in [2.05, 4.69) is 39.5 Å². The van der Waals surface area contributed by atoms with Gasteiger partial charge in [-0.25, -0.2) is 0 Å². The van der Waals surface area contributed by atoms with E-state index in [-0.39, 0.29) is 17.4 Å². The van der Waals surface area contributed by atoms with Gasteiger partial charge in [0.1, 0.15) is 0 Å². The maximum Gasteiger partial charge on any atom is 0.307 e. The Kier molecular flexibility index (Phi) is 5.20. The number of carboxylic acids is 1. The Bertz CT molecular complexity index is 286. The van der Waals surface area contributed by atoms with Crippen LogP contribution in [0.15, 0.2) is 0 Å². The van der Waals surface area contributed by atoms with Crippen molar-refractivity contribution in [2.45, 2.75) is 59.4 Å². The maximum absolute atomic E-state index is 11.4. The molecule has 1 rings (SSSR count). The van der Waals surface area contributed by atoms with E-state index in [9.17, 15) is 9.90 Å². The number of hydrogen-bond donors (Lipinski definition) is 1. The summed E-state index contributed by atoms with van der Waals surface area (Å²) in [5, 5.41) is 9.40. The Morgan fingerprint density at radius 2 is 1.83 bits per heavy atom. The molecule has 3 heteroatoms. The summed E-state index contributed by atoms with van der Waals surface area (Å²) in [6, 6.07) is 0. The normalized spacial score (nSPS) is 30.4. The van der Waals surface area contributed by atoms with Crippen molar-refractivity contribution < 1.29 is 9.90 Å². The van der Waals surface area contributed by atoms with E-state index >= 15 is 0 Å². The van der Waals surface area contributed by atoms with Crippen LogP contribution in [0.5, 0.6) is 0 Å². The predicted octanol–water partition coefficient (Wildman–Crippen LogP) is 3.24. The summed E-state index contributed by atoms with van der Waals surface area (Å²) in [7, 11) is 0. The lowest BCUT2D eigenvalue weighted by Crippen LogP contribution is -2.56. The first kappa shape index (κ1) is 15.5. The van der Waals surface area contributed by atoms with Crippen LogP contribution in [0.25, 0.3) is 0 Å². The number of carboxylic acid groups (broad SMARTS) is 1. The molecule has 0 aromatic heterocycles. The molecule has 0 saturated carbocycles. The zero-order chi connectivity index (χ0) is 13.9. The minimum absolute atomic E-state index is 0.163. The van der Waals surface area contributed by atoms with Gasteiger partial charge >= 0.3 is 5.97 Å². The summed E-state index contributed by atoms with van der Waals surface area (Å²) < 4.78 is 0. The van der Waals surface area contributed by atoms with Crippen LogP contribution in [0, 0.1) is 17.8 Å². The lowest BCUT2D eigenvalue weighted by molar-refractivity contribution is -0.150. The molecule has 0 bridgehead atoms. The molecular formula is C15H29NO2. The Balaban J connectivity index is 2.88. The fourth-order valence-electron chi connectivity index (χ4n) is 3.36. The van der Waals surface area contributed by atoms with Gasteiger partial charge in [0.15, 0.2) is 0 Å². The van der Waals surface area contributed by atoms with Gasteiger partial charge in [-0.15, -0.1) is 0 Å². The second-order valence-electron chi connectivity index (χ2n) is 6.12. The number of likely N-dealkylation sites (tertiary alicyclic amines) is 1. The minimum Gasteiger partial charge on any atom is -0.481 e. The molecule has 18 heavy (non-hydrogen) atoms. The van der Waals surface area contributed by atoms with Gasteiger partial charge < -0.3 is 5.11 Å². The lowest BCUT2D eigenvalue weighted by atomic mass is 9.75. The Hall–Kier alpha value is -0.570. The Morgan fingerprint density at radius 3 is 2.22 bits per heavy atom. The van der Waals surface area contributed by atoms with Gasteiger partial charge in [-0.05, 0) is 31.6 Å². The van der Waals surface area contributed by atoms with Crippen LogP contribution in [-0.2, 0) is 4.79 Å². The standard InChI is InChI=1S/C15H29NO2/c1-6-12-10-16(15(5,7-2)8-3)9-11(4)13(12)14(17)18/h11-13H,6-10H2,1-5H3,(H,17,18)/t11-,12+,13+/m0/s1. The van der Waals surface area contributed by atoms with Gasteiger partial charge in [-0.2, -0.15) is 0 Å². The molecular weight excluding hydrogens is 226 g/mol. The monoisotopic (exact) mass is 255 g/mol. The molecule has 0 unspecified atom stereocenters. The molecule has 3 nitrogen and oxygen atoms in total. The summed E-state index contributed by atoms with van der Waals surface area (Å²) >= 11 is 0. The van der Waals surface area contributed by atoms with Crippen molar-refractivity contribution in [2.75, 3.05) is 13.1 Å². The second kappa shape index (κ2) is 6.05. The van der Waals surface area contributed by atoms with Gasteiger partial charge in [0.05, 0.1) is 5.92 Å². The first-order valence-corrected chi connectivity index (χ1v) is 7.37. The van der Waals surface area contributed by atoms with Crippen LogP contribution < -0.4 is 0 Å². The highest BCUT2D eigenvalue weighted by Crippen LogP contribution is 2.36. The van der Waals surface area contributed by atoms with Crippen LogP contribution in [0.1, 0.15) is 53.9 Å².